The number of allylic oxidation sites excluding steroid dienone is 1. The molecule has 6 rings (SSSR count). The Balaban J connectivity index is 1.25. The van der Waals surface area contributed by atoms with Crippen LogP contribution in [0, 0.1) is 0 Å². The minimum Gasteiger partial charge on any atom is -0.372 e. The summed E-state index contributed by atoms with van der Waals surface area (Å²) in [6.07, 6.45) is 6.52. The fourth-order valence-corrected chi connectivity index (χ4v) is 5.87. The van der Waals surface area contributed by atoms with Crippen molar-refractivity contribution in [3.63, 3.8) is 0 Å². The predicted molar refractivity (Wildman–Crippen MR) is 175 cm³/mol. The van der Waals surface area contributed by atoms with E-state index < -0.39 is 0 Å². The molecule has 0 radical (unpaired) electrons. The summed E-state index contributed by atoms with van der Waals surface area (Å²) in [6, 6.07) is 22.5. The molecule has 3 aliphatic heterocycles. The first-order chi connectivity index (χ1) is 21.3. The van der Waals surface area contributed by atoms with Crippen molar-refractivity contribution < 1.29 is 9.53 Å². The molecule has 2 unspecified atom stereocenters. The molecule has 0 spiro atoms. The van der Waals surface area contributed by atoms with Crippen LogP contribution >= 0.6 is 0 Å². The number of nitrogens with one attached hydrogen (secondary N) is 4. The Labute approximate surface area is 258 Å². The molecule has 10 heteroatoms. The van der Waals surface area contributed by atoms with Gasteiger partial charge in [0.05, 0.1) is 23.6 Å². The Bertz CT molecular complexity index is 1600. The maximum Gasteiger partial charge on any atom is 0.221 e. The fourth-order valence-electron chi connectivity index (χ4n) is 5.87. The molecule has 0 aliphatic carbocycles. The number of aromatic nitrogens is 1. The first-order valence-electron chi connectivity index (χ1n) is 15.0. The SMILES string of the molecule is CC(=O)Nc1ccc(/C(=C2\C=CC(N3CC(C)OC(C)C3)=N2)c2ccc(N3C=C(CN(C)Cc4ccccc4)NN3)[nH]2)cc1. The third kappa shape index (κ3) is 6.94. The summed E-state index contributed by atoms with van der Waals surface area (Å²) in [7, 11) is 2.11. The molecule has 4 N–H and O–H groups in total. The van der Waals surface area contributed by atoms with E-state index in [1.54, 1.807) is 0 Å². The van der Waals surface area contributed by atoms with Crippen LogP contribution in [0.3, 0.4) is 0 Å². The number of rotatable bonds is 8. The number of aromatic amines is 1. The van der Waals surface area contributed by atoms with Gasteiger partial charge in [-0.25, -0.2) is 10.0 Å². The summed E-state index contributed by atoms with van der Waals surface area (Å²) >= 11 is 0. The van der Waals surface area contributed by atoms with Crippen LogP contribution in [0.5, 0.6) is 0 Å². The van der Waals surface area contributed by atoms with Crippen LogP contribution in [0.1, 0.15) is 37.6 Å². The number of hydrogen-bond acceptors (Lipinski definition) is 8. The van der Waals surface area contributed by atoms with Crippen molar-refractivity contribution in [2.45, 2.75) is 39.5 Å². The highest BCUT2D eigenvalue weighted by atomic mass is 16.5. The number of ether oxygens (including phenoxy) is 1. The van der Waals surface area contributed by atoms with E-state index in [4.69, 9.17) is 9.73 Å². The number of hydrogen-bond donors (Lipinski definition) is 4. The maximum atomic E-state index is 11.6. The van der Waals surface area contributed by atoms with Crippen LogP contribution in [0.15, 0.2) is 101 Å². The number of carbonyl (C=O) groups is 1. The summed E-state index contributed by atoms with van der Waals surface area (Å²) in [5.74, 6) is 1.74. The molecule has 3 aromatic rings. The lowest BCUT2D eigenvalue weighted by atomic mass is 10.0. The summed E-state index contributed by atoms with van der Waals surface area (Å²) in [5, 5.41) is 4.81. The highest BCUT2D eigenvalue weighted by Gasteiger charge is 2.26. The van der Waals surface area contributed by atoms with E-state index in [0.29, 0.717) is 0 Å². The van der Waals surface area contributed by atoms with Gasteiger partial charge in [-0.3, -0.25) is 9.69 Å². The molecule has 0 bridgehead atoms. The molecular weight excluding hydrogens is 552 g/mol. The van der Waals surface area contributed by atoms with Crippen molar-refractivity contribution in [2.24, 2.45) is 4.99 Å². The van der Waals surface area contributed by atoms with Crippen LogP contribution in [0.2, 0.25) is 0 Å². The number of likely N-dealkylation sites (N-methyl/N-ethyl adjacent to an activating group) is 1. The van der Waals surface area contributed by atoms with Crippen LogP contribution < -0.4 is 21.3 Å². The highest BCUT2D eigenvalue weighted by molar-refractivity contribution is 6.00. The van der Waals surface area contributed by atoms with Gasteiger partial charge in [-0.05, 0) is 68.4 Å². The van der Waals surface area contributed by atoms with Gasteiger partial charge in [0.25, 0.3) is 0 Å². The van der Waals surface area contributed by atoms with Crippen molar-refractivity contribution in [2.75, 3.05) is 37.0 Å². The largest absolute Gasteiger partial charge is 0.372 e. The molecule has 4 heterocycles. The molecule has 1 fully saturated rings. The second-order valence-electron chi connectivity index (χ2n) is 11.7. The van der Waals surface area contributed by atoms with Crippen LogP contribution in [0.25, 0.3) is 5.57 Å². The van der Waals surface area contributed by atoms with E-state index in [-0.39, 0.29) is 18.1 Å². The number of H-pyrrole nitrogens is 1. The topological polar surface area (TPSA) is 100 Å². The average Bonchev–Trinajstić information content (AvgIpc) is 3.76. The zero-order chi connectivity index (χ0) is 30.6. The Morgan fingerprint density at radius 2 is 1.75 bits per heavy atom. The lowest BCUT2D eigenvalue weighted by Gasteiger charge is -2.36. The first-order valence-corrected chi connectivity index (χ1v) is 15.0. The predicted octanol–water partition coefficient (Wildman–Crippen LogP) is 4.61. The highest BCUT2D eigenvalue weighted by Crippen LogP contribution is 2.33. The summed E-state index contributed by atoms with van der Waals surface area (Å²) < 4.78 is 5.94. The Morgan fingerprint density at radius 1 is 1.00 bits per heavy atom. The lowest BCUT2D eigenvalue weighted by molar-refractivity contribution is -0.114. The molecule has 228 valence electrons. The van der Waals surface area contributed by atoms with Crippen molar-refractivity contribution in [3.05, 3.63) is 113 Å². The van der Waals surface area contributed by atoms with Crippen LogP contribution in [0.4, 0.5) is 11.5 Å². The van der Waals surface area contributed by atoms with Crippen LogP contribution in [-0.4, -0.2) is 65.4 Å². The average molecular weight is 593 g/mol. The second-order valence-corrected chi connectivity index (χ2v) is 11.7. The van der Waals surface area contributed by atoms with Crippen LogP contribution in [-0.2, 0) is 16.1 Å². The van der Waals surface area contributed by atoms with Crippen molar-refractivity contribution >= 4 is 28.8 Å². The molecule has 44 heavy (non-hydrogen) atoms. The Morgan fingerprint density at radius 3 is 2.48 bits per heavy atom. The van der Waals surface area contributed by atoms with Crippen molar-refractivity contribution in [3.8, 4) is 0 Å². The summed E-state index contributed by atoms with van der Waals surface area (Å²) in [6.45, 7) is 8.95. The third-order valence-corrected chi connectivity index (χ3v) is 7.68. The van der Waals surface area contributed by atoms with Gasteiger partial charge in [0, 0.05) is 56.3 Å². The molecule has 1 amide bonds. The molecule has 2 aromatic carbocycles. The van der Waals surface area contributed by atoms with Gasteiger partial charge in [0.1, 0.15) is 11.7 Å². The molecule has 10 nitrogen and oxygen atoms in total. The number of hydrazine groups is 2. The number of amides is 1. The molecule has 0 saturated carbocycles. The van der Waals surface area contributed by atoms with Crippen molar-refractivity contribution in [1.82, 2.24) is 25.7 Å². The van der Waals surface area contributed by atoms with Gasteiger partial charge < -0.3 is 25.4 Å². The van der Waals surface area contributed by atoms with Crippen molar-refractivity contribution in [1.29, 1.82) is 0 Å². The molecular formula is C34H40N8O2. The van der Waals surface area contributed by atoms with E-state index >= 15 is 0 Å². The van der Waals surface area contributed by atoms with Gasteiger partial charge in [-0.2, -0.15) is 0 Å². The van der Waals surface area contributed by atoms with Gasteiger partial charge >= 0.3 is 0 Å². The Kier molecular flexibility index (Phi) is 8.65. The number of benzene rings is 2. The molecule has 3 aliphatic rings. The minimum absolute atomic E-state index is 0.0994. The smallest absolute Gasteiger partial charge is 0.221 e. The summed E-state index contributed by atoms with van der Waals surface area (Å²) in [4.78, 5) is 24.9. The van der Waals surface area contributed by atoms with Gasteiger partial charge in [-0.15, -0.1) is 5.53 Å². The molecule has 1 saturated heterocycles. The molecule has 1 aromatic heterocycles. The fraction of sp³-hybridized carbons (Fsp3) is 0.294. The number of anilines is 2. The minimum atomic E-state index is -0.0994. The second kappa shape index (κ2) is 12.9. The van der Waals surface area contributed by atoms with E-state index in [0.717, 1.165) is 71.7 Å². The molecule has 2 atom stereocenters. The van der Waals surface area contributed by atoms with E-state index in [2.05, 4.69) is 107 Å². The maximum absolute atomic E-state index is 11.6. The summed E-state index contributed by atoms with van der Waals surface area (Å²) in [5.41, 5.74) is 13.4. The van der Waals surface area contributed by atoms with E-state index in [1.807, 2.05) is 35.3 Å². The zero-order valence-electron chi connectivity index (χ0n) is 25.7. The third-order valence-electron chi connectivity index (χ3n) is 7.68. The monoisotopic (exact) mass is 592 g/mol. The Hall–Kier alpha value is -4.64. The number of nitrogens with zero attached hydrogens (tertiary/aromatic N) is 4. The van der Waals surface area contributed by atoms with Gasteiger partial charge in [-0.1, -0.05) is 42.5 Å². The number of amidine groups is 1. The van der Waals surface area contributed by atoms with Gasteiger partial charge in [0.15, 0.2) is 0 Å². The van der Waals surface area contributed by atoms with Gasteiger partial charge in [0.2, 0.25) is 5.91 Å². The quantitative estimate of drug-likeness (QED) is 0.303. The first kappa shape index (κ1) is 29.4. The number of carbonyl (C=O) groups excluding carboxylic acids is 1. The zero-order valence-corrected chi connectivity index (χ0v) is 25.7. The van der Waals surface area contributed by atoms with E-state index in [1.165, 1.54) is 12.5 Å². The number of aliphatic imine (C=N–C) groups is 1. The standard InChI is InChI=1S/C34H40N8O2/c1-23-18-41(19-24(2)44-23)32-16-14-30(36-32)34(27-10-12-28(13-11-27)35-25(3)43)31-15-17-33(37-31)42-22-29(38-39-42)21-40(4)20-26-8-6-5-7-9-26/h5-17,22-24,37-39H,18-21H2,1-4H3,(H,35,43)/b34-30-. The lowest BCUT2D eigenvalue weighted by Crippen LogP contribution is -2.47. The van der Waals surface area contributed by atoms with E-state index in [9.17, 15) is 4.79 Å². The number of morpholine rings is 1. The normalized spacial score (nSPS) is 20.9.